The Hall–Kier alpha value is -0.830. The van der Waals surface area contributed by atoms with Gasteiger partial charge in [-0.3, -0.25) is 0 Å². The second-order valence-corrected chi connectivity index (χ2v) is 5.12. The van der Waals surface area contributed by atoms with Crippen LogP contribution >= 0.6 is 0 Å². The molecule has 0 saturated heterocycles. The largest absolute Gasteiger partial charge is 0.334 e. The van der Waals surface area contributed by atoms with Crippen LogP contribution < -0.4 is 5.32 Å². The molecule has 0 bridgehead atoms. The van der Waals surface area contributed by atoms with Crippen molar-refractivity contribution in [3.8, 4) is 0 Å². The van der Waals surface area contributed by atoms with E-state index in [1.807, 2.05) is 6.20 Å². The molecule has 0 saturated carbocycles. The van der Waals surface area contributed by atoms with Crippen molar-refractivity contribution in [1.29, 1.82) is 0 Å². The summed E-state index contributed by atoms with van der Waals surface area (Å²) < 4.78 is 2.28. The summed E-state index contributed by atoms with van der Waals surface area (Å²) in [6.45, 7) is 13.3. The summed E-state index contributed by atoms with van der Waals surface area (Å²) in [6, 6.07) is 0.363. The average molecular weight is 237 g/mol. The van der Waals surface area contributed by atoms with Crippen molar-refractivity contribution in [2.45, 2.75) is 53.6 Å². The fraction of sp³-hybridized carbons (Fsp3) is 0.786. The molecule has 3 heteroatoms. The Balaban J connectivity index is 2.92. The fourth-order valence-electron chi connectivity index (χ4n) is 2.15. The number of aromatic nitrogens is 2. The Labute approximate surface area is 106 Å². The van der Waals surface area contributed by atoms with Crippen LogP contribution in [0.5, 0.6) is 0 Å². The Morgan fingerprint density at radius 3 is 2.53 bits per heavy atom. The maximum absolute atomic E-state index is 4.56. The van der Waals surface area contributed by atoms with Crippen LogP contribution in [0, 0.1) is 11.8 Å². The third-order valence-corrected chi connectivity index (χ3v) is 3.49. The van der Waals surface area contributed by atoms with Gasteiger partial charge in [0.2, 0.25) is 0 Å². The van der Waals surface area contributed by atoms with E-state index in [4.69, 9.17) is 0 Å². The van der Waals surface area contributed by atoms with E-state index in [1.54, 1.807) is 0 Å². The standard InChI is InChI=1S/C14H27N3/c1-6-9-17-10-8-16-14(17)13(15-7-2)12(5)11(3)4/h8,10-13,15H,6-7,9H2,1-5H3. The van der Waals surface area contributed by atoms with Crippen molar-refractivity contribution < 1.29 is 0 Å². The average Bonchev–Trinajstić information content (AvgIpc) is 2.73. The minimum Gasteiger partial charge on any atom is -0.334 e. The highest BCUT2D eigenvalue weighted by Gasteiger charge is 2.24. The second-order valence-electron chi connectivity index (χ2n) is 5.12. The smallest absolute Gasteiger partial charge is 0.126 e. The first-order valence-electron chi connectivity index (χ1n) is 6.86. The highest BCUT2D eigenvalue weighted by atomic mass is 15.1. The lowest BCUT2D eigenvalue weighted by atomic mass is 9.89. The van der Waals surface area contributed by atoms with Crippen LogP contribution in [-0.2, 0) is 6.54 Å². The number of hydrogen-bond donors (Lipinski definition) is 1. The van der Waals surface area contributed by atoms with Crippen LogP contribution in [0.2, 0.25) is 0 Å². The van der Waals surface area contributed by atoms with E-state index in [1.165, 1.54) is 5.82 Å². The van der Waals surface area contributed by atoms with Gasteiger partial charge >= 0.3 is 0 Å². The van der Waals surface area contributed by atoms with Gasteiger partial charge in [0.05, 0.1) is 6.04 Å². The molecule has 1 N–H and O–H groups in total. The molecule has 2 atom stereocenters. The van der Waals surface area contributed by atoms with Gasteiger partial charge in [-0.05, 0) is 24.8 Å². The molecule has 1 aromatic heterocycles. The summed E-state index contributed by atoms with van der Waals surface area (Å²) in [5.74, 6) is 2.44. The Morgan fingerprint density at radius 1 is 1.29 bits per heavy atom. The van der Waals surface area contributed by atoms with Gasteiger partial charge in [-0.2, -0.15) is 0 Å². The van der Waals surface area contributed by atoms with Crippen LogP contribution in [-0.4, -0.2) is 16.1 Å². The van der Waals surface area contributed by atoms with Gasteiger partial charge in [0.1, 0.15) is 5.82 Å². The maximum Gasteiger partial charge on any atom is 0.126 e. The summed E-state index contributed by atoms with van der Waals surface area (Å²) in [5.41, 5.74) is 0. The number of nitrogens with zero attached hydrogens (tertiary/aromatic N) is 2. The molecule has 0 aliphatic heterocycles. The number of imidazole rings is 1. The molecule has 0 amide bonds. The zero-order valence-electron chi connectivity index (χ0n) is 11.9. The molecule has 0 aliphatic rings. The lowest BCUT2D eigenvalue weighted by Crippen LogP contribution is -2.32. The molecule has 0 fully saturated rings. The molecule has 0 radical (unpaired) electrons. The molecule has 2 unspecified atom stereocenters. The SMILES string of the molecule is CCCn1ccnc1C(NCC)C(C)C(C)C. The minimum absolute atomic E-state index is 0.363. The van der Waals surface area contributed by atoms with Gasteiger partial charge in [-0.15, -0.1) is 0 Å². The maximum atomic E-state index is 4.56. The summed E-state index contributed by atoms with van der Waals surface area (Å²) in [4.78, 5) is 4.56. The van der Waals surface area contributed by atoms with Gasteiger partial charge < -0.3 is 9.88 Å². The molecule has 3 nitrogen and oxygen atoms in total. The highest BCUT2D eigenvalue weighted by molar-refractivity contribution is 5.01. The van der Waals surface area contributed by atoms with Crippen molar-refractivity contribution in [2.24, 2.45) is 11.8 Å². The molecule has 1 heterocycles. The van der Waals surface area contributed by atoms with Crippen molar-refractivity contribution in [1.82, 2.24) is 14.9 Å². The Morgan fingerprint density at radius 2 is 2.00 bits per heavy atom. The van der Waals surface area contributed by atoms with E-state index in [0.29, 0.717) is 17.9 Å². The summed E-state index contributed by atoms with van der Waals surface area (Å²) >= 11 is 0. The van der Waals surface area contributed by atoms with E-state index in [-0.39, 0.29) is 0 Å². The van der Waals surface area contributed by atoms with Gasteiger partial charge in [-0.25, -0.2) is 4.98 Å². The third-order valence-electron chi connectivity index (χ3n) is 3.49. The zero-order valence-corrected chi connectivity index (χ0v) is 11.9. The normalized spacial score (nSPS) is 15.2. The molecule has 0 spiro atoms. The van der Waals surface area contributed by atoms with Crippen LogP contribution in [0.25, 0.3) is 0 Å². The minimum atomic E-state index is 0.363. The van der Waals surface area contributed by atoms with E-state index >= 15 is 0 Å². The van der Waals surface area contributed by atoms with E-state index in [2.05, 4.69) is 55.7 Å². The third kappa shape index (κ3) is 3.56. The van der Waals surface area contributed by atoms with Crippen molar-refractivity contribution in [2.75, 3.05) is 6.54 Å². The Bertz CT molecular complexity index is 317. The Kier molecular flexibility index (Phi) is 5.69. The van der Waals surface area contributed by atoms with Gasteiger partial charge in [0, 0.05) is 18.9 Å². The van der Waals surface area contributed by atoms with Crippen molar-refractivity contribution in [3.05, 3.63) is 18.2 Å². The molecule has 0 aromatic carbocycles. The van der Waals surface area contributed by atoms with Crippen LogP contribution in [0.3, 0.4) is 0 Å². The lowest BCUT2D eigenvalue weighted by molar-refractivity contribution is 0.290. The molecule has 0 aliphatic carbocycles. The van der Waals surface area contributed by atoms with Crippen LogP contribution in [0.15, 0.2) is 12.4 Å². The molecule has 1 aromatic rings. The first-order valence-corrected chi connectivity index (χ1v) is 6.86. The zero-order chi connectivity index (χ0) is 12.8. The van der Waals surface area contributed by atoms with Crippen LogP contribution in [0.1, 0.15) is 52.9 Å². The molecule has 1 rings (SSSR count). The lowest BCUT2D eigenvalue weighted by Gasteiger charge is -2.27. The highest BCUT2D eigenvalue weighted by Crippen LogP contribution is 2.26. The fourth-order valence-corrected chi connectivity index (χ4v) is 2.15. The monoisotopic (exact) mass is 237 g/mol. The van der Waals surface area contributed by atoms with Crippen molar-refractivity contribution >= 4 is 0 Å². The van der Waals surface area contributed by atoms with E-state index in [9.17, 15) is 0 Å². The van der Waals surface area contributed by atoms with Gasteiger partial charge in [-0.1, -0.05) is 34.6 Å². The molecular formula is C14H27N3. The molecular weight excluding hydrogens is 210 g/mol. The topological polar surface area (TPSA) is 29.9 Å². The van der Waals surface area contributed by atoms with Gasteiger partial charge in [0.15, 0.2) is 0 Å². The number of rotatable bonds is 7. The number of hydrogen-bond acceptors (Lipinski definition) is 2. The number of nitrogens with one attached hydrogen (secondary N) is 1. The first-order chi connectivity index (χ1) is 8.11. The number of aryl methyl sites for hydroxylation is 1. The van der Waals surface area contributed by atoms with Gasteiger partial charge in [0.25, 0.3) is 0 Å². The molecule has 17 heavy (non-hydrogen) atoms. The first kappa shape index (κ1) is 14.2. The van der Waals surface area contributed by atoms with E-state index < -0.39 is 0 Å². The van der Waals surface area contributed by atoms with Crippen molar-refractivity contribution in [3.63, 3.8) is 0 Å². The summed E-state index contributed by atoms with van der Waals surface area (Å²) in [7, 11) is 0. The van der Waals surface area contributed by atoms with E-state index in [0.717, 1.165) is 19.5 Å². The predicted molar refractivity (Wildman–Crippen MR) is 72.9 cm³/mol. The molecule has 98 valence electrons. The predicted octanol–water partition coefficient (Wildman–Crippen LogP) is 3.24. The van der Waals surface area contributed by atoms with Crippen LogP contribution in [0.4, 0.5) is 0 Å². The second kappa shape index (κ2) is 6.80. The summed E-state index contributed by atoms with van der Waals surface area (Å²) in [5, 5.41) is 3.58. The quantitative estimate of drug-likeness (QED) is 0.789. The summed E-state index contributed by atoms with van der Waals surface area (Å²) in [6.07, 6.45) is 5.16.